The molecular weight excluding hydrogens is 358 g/mol. The Morgan fingerprint density at radius 1 is 1.30 bits per heavy atom. The van der Waals surface area contributed by atoms with Crippen molar-refractivity contribution in [3.05, 3.63) is 44.4 Å². The van der Waals surface area contributed by atoms with E-state index in [2.05, 4.69) is 19.2 Å². The van der Waals surface area contributed by atoms with E-state index < -0.39 is 0 Å². The molecule has 1 aliphatic heterocycles. The van der Waals surface area contributed by atoms with Crippen molar-refractivity contribution in [3.8, 4) is 0 Å². The summed E-state index contributed by atoms with van der Waals surface area (Å²) in [5, 5.41) is 3.37. The Morgan fingerprint density at radius 3 is 2.59 bits per heavy atom. The van der Waals surface area contributed by atoms with Gasteiger partial charge < -0.3 is 10.1 Å². The number of hydrogen-bond acceptors (Lipinski definition) is 5. The molecule has 0 unspecified atom stereocenters. The van der Waals surface area contributed by atoms with Gasteiger partial charge >= 0.3 is 5.97 Å². The van der Waals surface area contributed by atoms with Gasteiger partial charge in [0.15, 0.2) is 5.78 Å². The summed E-state index contributed by atoms with van der Waals surface area (Å²) in [6.45, 7) is 12.6. The predicted octanol–water partition coefficient (Wildman–Crippen LogP) is 4.86. The van der Waals surface area contributed by atoms with E-state index in [9.17, 15) is 9.59 Å². The molecule has 0 saturated carbocycles. The molecule has 1 aromatic rings. The first-order valence-electron chi connectivity index (χ1n) is 9.56. The van der Waals surface area contributed by atoms with E-state index in [4.69, 9.17) is 4.74 Å². The van der Waals surface area contributed by atoms with E-state index in [0.717, 1.165) is 28.3 Å². The fraction of sp³-hybridized carbons (Fsp3) is 0.545. The van der Waals surface area contributed by atoms with Gasteiger partial charge in [-0.05, 0) is 43.7 Å². The quantitative estimate of drug-likeness (QED) is 0.750. The fourth-order valence-electron chi connectivity index (χ4n) is 3.92. The van der Waals surface area contributed by atoms with Crippen LogP contribution in [0.25, 0.3) is 0 Å². The van der Waals surface area contributed by atoms with Crippen molar-refractivity contribution in [3.63, 3.8) is 0 Å². The zero-order chi connectivity index (χ0) is 19.9. The van der Waals surface area contributed by atoms with E-state index in [-0.39, 0.29) is 29.0 Å². The minimum Gasteiger partial charge on any atom is -0.462 e. The summed E-state index contributed by atoms with van der Waals surface area (Å²) >= 11 is 1.64. The molecule has 0 radical (unpaired) electrons. The lowest BCUT2D eigenvalue weighted by atomic mass is 9.70. The van der Waals surface area contributed by atoms with Crippen LogP contribution in [-0.2, 0) is 14.3 Å². The van der Waals surface area contributed by atoms with Gasteiger partial charge in [0.2, 0.25) is 0 Å². The largest absolute Gasteiger partial charge is 0.462 e. The van der Waals surface area contributed by atoms with Gasteiger partial charge in [-0.3, -0.25) is 4.79 Å². The second-order valence-corrected chi connectivity index (χ2v) is 10.2. The van der Waals surface area contributed by atoms with Crippen LogP contribution in [0.4, 0.5) is 0 Å². The number of rotatable bonds is 4. The van der Waals surface area contributed by atoms with Crippen LogP contribution in [0.2, 0.25) is 0 Å². The Balaban J connectivity index is 2.08. The van der Waals surface area contributed by atoms with Gasteiger partial charge in [0.25, 0.3) is 0 Å². The molecule has 2 aliphatic rings. The molecule has 1 atom stereocenters. The zero-order valence-electron chi connectivity index (χ0n) is 17.1. The maximum atomic E-state index is 13.1. The summed E-state index contributed by atoms with van der Waals surface area (Å²) in [7, 11) is 0. The maximum Gasteiger partial charge on any atom is 0.336 e. The highest BCUT2D eigenvalue weighted by atomic mass is 32.1. The van der Waals surface area contributed by atoms with Gasteiger partial charge in [-0.15, -0.1) is 11.3 Å². The topological polar surface area (TPSA) is 55.4 Å². The molecule has 0 fully saturated rings. The summed E-state index contributed by atoms with van der Waals surface area (Å²) in [5.41, 5.74) is 3.01. The molecule has 0 bridgehead atoms. The van der Waals surface area contributed by atoms with Crippen molar-refractivity contribution >= 4 is 23.1 Å². The lowest BCUT2D eigenvalue weighted by Gasteiger charge is -2.39. The van der Waals surface area contributed by atoms with Crippen molar-refractivity contribution in [2.24, 2.45) is 11.3 Å². The SMILES string of the molecule is CC1=C(C(=O)OCC(C)C)[C@@H](c2ccc(C)s2)C2=C(CC(C)(C)CC2=O)N1. The Kier molecular flexibility index (Phi) is 5.35. The second-order valence-electron chi connectivity index (χ2n) is 8.87. The van der Waals surface area contributed by atoms with Crippen LogP contribution < -0.4 is 5.32 Å². The highest BCUT2D eigenvalue weighted by Gasteiger charge is 2.43. The van der Waals surface area contributed by atoms with E-state index in [1.807, 2.05) is 39.8 Å². The normalized spacial score (nSPS) is 22.0. The molecule has 0 spiro atoms. The number of carbonyl (C=O) groups is 2. The number of ketones is 1. The number of ether oxygens (including phenoxy) is 1. The summed E-state index contributed by atoms with van der Waals surface area (Å²) < 4.78 is 5.56. The molecule has 0 amide bonds. The molecule has 5 heteroatoms. The van der Waals surface area contributed by atoms with Crippen LogP contribution in [0.1, 0.15) is 63.1 Å². The van der Waals surface area contributed by atoms with Crippen LogP contribution in [0.3, 0.4) is 0 Å². The Morgan fingerprint density at radius 2 is 2.00 bits per heavy atom. The van der Waals surface area contributed by atoms with Crippen molar-refractivity contribution in [1.29, 1.82) is 0 Å². The lowest BCUT2D eigenvalue weighted by molar-refractivity contribution is -0.140. The third-order valence-corrected chi connectivity index (χ3v) is 6.12. The number of thiophene rings is 1. The molecule has 0 aromatic carbocycles. The van der Waals surface area contributed by atoms with Crippen molar-refractivity contribution in [2.75, 3.05) is 6.61 Å². The molecule has 1 aliphatic carbocycles. The third-order valence-electron chi connectivity index (χ3n) is 5.05. The number of allylic oxidation sites excluding steroid dienone is 3. The van der Waals surface area contributed by atoms with E-state index in [1.165, 1.54) is 4.88 Å². The minimum atomic E-state index is -0.330. The monoisotopic (exact) mass is 387 g/mol. The molecule has 3 rings (SSSR count). The molecule has 2 heterocycles. The van der Waals surface area contributed by atoms with Crippen LogP contribution in [0, 0.1) is 18.3 Å². The van der Waals surface area contributed by atoms with Gasteiger partial charge in [0.05, 0.1) is 18.1 Å². The van der Waals surface area contributed by atoms with Crippen molar-refractivity contribution in [2.45, 2.75) is 60.3 Å². The number of carbonyl (C=O) groups excluding carboxylic acids is 2. The fourth-order valence-corrected chi connectivity index (χ4v) is 4.92. The molecule has 4 nitrogen and oxygen atoms in total. The number of aryl methyl sites for hydroxylation is 1. The molecule has 146 valence electrons. The highest BCUT2D eigenvalue weighted by molar-refractivity contribution is 7.12. The van der Waals surface area contributed by atoms with E-state index >= 15 is 0 Å². The van der Waals surface area contributed by atoms with Crippen molar-refractivity contribution < 1.29 is 14.3 Å². The zero-order valence-corrected chi connectivity index (χ0v) is 17.9. The van der Waals surface area contributed by atoms with Crippen LogP contribution in [0.15, 0.2) is 34.7 Å². The van der Waals surface area contributed by atoms with E-state index in [1.54, 1.807) is 11.3 Å². The summed E-state index contributed by atoms with van der Waals surface area (Å²) in [5.74, 6) is -0.260. The summed E-state index contributed by atoms with van der Waals surface area (Å²) in [6.07, 6.45) is 1.31. The third kappa shape index (κ3) is 4.03. The van der Waals surface area contributed by atoms with Gasteiger partial charge in [0.1, 0.15) is 0 Å². The number of dihydropyridines is 1. The Hall–Kier alpha value is -1.88. The Bertz CT molecular complexity index is 841. The molecule has 1 aromatic heterocycles. The summed E-state index contributed by atoms with van der Waals surface area (Å²) in [4.78, 5) is 28.3. The number of nitrogens with one attached hydrogen (secondary N) is 1. The van der Waals surface area contributed by atoms with Gasteiger partial charge in [0, 0.05) is 33.1 Å². The predicted molar refractivity (Wildman–Crippen MR) is 108 cm³/mol. The average Bonchev–Trinajstić information content (AvgIpc) is 2.96. The number of esters is 1. The molecule has 0 saturated heterocycles. The Labute approximate surface area is 165 Å². The van der Waals surface area contributed by atoms with Crippen molar-refractivity contribution in [1.82, 2.24) is 5.32 Å². The maximum absolute atomic E-state index is 13.1. The summed E-state index contributed by atoms with van der Waals surface area (Å²) in [6, 6.07) is 4.09. The highest BCUT2D eigenvalue weighted by Crippen LogP contribution is 2.48. The standard InChI is InChI=1S/C22H29NO3S/c1-12(2)11-26-21(25)18-14(4)23-15-9-22(5,6)10-16(24)19(15)20(18)17-8-7-13(3)27-17/h7-8,12,20,23H,9-11H2,1-6H3/t20-/m1/s1. The molecule has 27 heavy (non-hydrogen) atoms. The second kappa shape index (κ2) is 7.27. The first kappa shape index (κ1) is 19.9. The van der Waals surface area contributed by atoms with Crippen LogP contribution in [0.5, 0.6) is 0 Å². The van der Waals surface area contributed by atoms with E-state index in [0.29, 0.717) is 18.6 Å². The van der Waals surface area contributed by atoms with Gasteiger partial charge in [-0.1, -0.05) is 27.7 Å². The number of hydrogen-bond donors (Lipinski definition) is 1. The smallest absolute Gasteiger partial charge is 0.336 e. The van der Waals surface area contributed by atoms with Gasteiger partial charge in [-0.2, -0.15) is 0 Å². The lowest BCUT2D eigenvalue weighted by Crippen LogP contribution is -2.38. The first-order valence-corrected chi connectivity index (χ1v) is 10.4. The van der Waals surface area contributed by atoms with Crippen LogP contribution >= 0.6 is 11.3 Å². The van der Waals surface area contributed by atoms with Gasteiger partial charge in [-0.25, -0.2) is 4.79 Å². The minimum absolute atomic E-state index is 0.0746. The first-order chi connectivity index (χ1) is 12.6. The van der Waals surface area contributed by atoms with Crippen LogP contribution in [-0.4, -0.2) is 18.4 Å². The number of Topliss-reactive ketones (excluding diaryl/α,β-unsaturated/α-hetero) is 1. The molecular formula is C22H29NO3S. The average molecular weight is 388 g/mol. The molecule has 1 N–H and O–H groups in total.